The Kier molecular flexibility index (Phi) is 5.94. The standard InChI is InChI=1S/C21H27N3O3/c1-5-26-18-8-7-15(10-19(18)27-6-2)21(25)24-12-16-11-22-20(9-14(3)4)23-17(16)13-24/h7-8,10-11,14H,5-6,9,12-13H2,1-4H3. The van der Waals surface area contributed by atoms with Gasteiger partial charge >= 0.3 is 0 Å². The van der Waals surface area contributed by atoms with Gasteiger partial charge in [0.1, 0.15) is 5.82 Å². The van der Waals surface area contributed by atoms with Crippen LogP contribution in [0.25, 0.3) is 0 Å². The van der Waals surface area contributed by atoms with E-state index in [-0.39, 0.29) is 5.91 Å². The molecule has 6 heteroatoms. The van der Waals surface area contributed by atoms with E-state index in [1.807, 2.05) is 20.0 Å². The molecule has 1 aromatic heterocycles. The Morgan fingerprint density at radius 3 is 2.59 bits per heavy atom. The minimum absolute atomic E-state index is 0.0394. The van der Waals surface area contributed by atoms with Crippen LogP contribution in [0.4, 0.5) is 0 Å². The van der Waals surface area contributed by atoms with E-state index < -0.39 is 0 Å². The molecule has 1 amide bonds. The molecule has 0 bridgehead atoms. The van der Waals surface area contributed by atoms with Crippen molar-refractivity contribution in [3.8, 4) is 11.5 Å². The lowest BCUT2D eigenvalue weighted by Crippen LogP contribution is -2.25. The number of hydrogen-bond donors (Lipinski definition) is 0. The highest BCUT2D eigenvalue weighted by Gasteiger charge is 2.27. The largest absolute Gasteiger partial charge is 0.490 e. The van der Waals surface area contributed by atoms with Crippen LogP contribution in [0.1, 0.15) is 55.1 Å². The average Bonchev–Trinajstić information content (AvgIpc) is 3.05. The van der Waals surface area contributed by atoms with Crippen LogP contribution in [0.5, 0.6) is 11.5 Å². The minimum atomic E-state index is -0.0394. The zero-order valence-corrected chi connectivity index (χ0v) is 16.5. The maximum absolute atomic E-state index is 13.0. The number of ether oxygens (including phenoxy) is 2. The molecule has 0 fully saturated rings. The first-order chi connectivity index (χ1) is 13.0. The summed E-state index contributed by atoms with van der Waals surface area (Å²) >= 11 is 0. The van der Waals surface area contributed by atoms with Crippen LogP contribution in [0, 0.1) is 5.92 Å². The van der Waals surface area contributed by atoms with Crippen molar-refractivity contribution in [2.75, 3.05) is 13.2 Å². The molecule has 1 aromatic carbocycles. The van der Waals surface area contributed by atoms with Crippen LogP contribution in [-0.2, 0) is 19.5 Å². The van der Waals surface area contributed by atoms with Crippen molar-refractivity contribution >= 4 is 5.91 Å². The van der Waals surface area contributed by atoms with Gasteiger partial charge in [-0.25, -0.2) is 9.97 Å². The summed E-state index contributed by atoms with van der Waals surface area (Å²) in [5.41, 5.74) is 2.56. The fraction of sp³-hybridized carbons (Fsp3) is 0.476. The second-order valence-electron chi connectivity index (χ2n) is 7.04. The molecule has 1 aliphatic rings. The molecule has 3 rings (SSSR count). The van der Waals surface area contributed by atoms with Crippen LogP contribution in [-0.4, -0.2) is 34.0 Å². The van der Waals surface area contributed by atoms with Gasteiger partial charge in [0.2, 0.25) is 0 Å². The fourth-order valence-corrected chi connectivity index (χ4v) is 3.17. The zero-order valence-electron chi connectivity index (χ0n) is 16.5. The first kappa shape index (κ1) is 19.1. The summed E-state index contributed by atoms with van der Waals surface area (Å²) in [7, 11) is 0. The summed E-state index contributed by atoms with van der Waals surface area (Å²) in [5.74, 6) is 2.56. The zero-order chi connectivity index (χ0) is 19.4. The Morgan fingerprint density at radius 2 is 1.89 bits per heavy atom. The summed E-state index contributed by atoms with van der Waals surface area (Å²) in [6, 6.07) is 5.34. The lowest BCUT2D eigenvalue weighted by molar-refractivity contribution is 0.0750. The lowest BCUT2D eigenvalue weighted by Gasteiger charge is -2.17. The van der Waals surface area contributed by atoms with Gasteiger partial charge in [-0.15, -0.1) is 0 Å². The van der Waals surface area contributed by atoms with Gasteiger partial charge < -0.3 is 14.4 Å². The molecule has 0 aliphatic carbocycles. The number of carbonyl (C=O) groups is 1. The average molecular weight is 369 g/mol. The Bertz CT molecular complexity index is 820. The van der Waals surface area contributed by atoms with E-state index in [0.29, 0.717) is 49.3 Å². The number of rotatable bonds is 7. The van der Waals surface area contributed by atoms with Crippen LogP contribution in [0.15, 0.2) is 24.4 Å². The maximum atomic E-state index is 13.0. The minimum Gasteiger partial charge on any atom is -0.490 e. The monoisotopic (exact) mass is 369 g/mol. The number of amides is 1. The number of hydrogen-bond acceptors (Lipinski definition) is 5. The van der Waals surface area contributed by atoms with Crippen molar-refractivity contribution in [2.45, 2.75) is 47.2 Å². The highest BCUT2D eigenvalue weighted by Crippen LogP contribution is 2.30. The SMILES string of the molecule is CCOc1ccc(C(=O)N2Cc3cnc(CC(C)C)nc3C2)cc1OCC. The molecule has 0 N–H and O–H groups in total. The van der Waals surface area contributed by atoms with Crippen molar-refractivity contribution in [3.05, 3.63) is 47.0 Å². The van der Waals surface area contributed by atoms with Gasteiger partial charge in [-0.05, 0) is 38.0 Å². The first-order valence-corrected chi connectivity index (χ1v) is 9.54. The molecule has 0 radical (unpaired) electrons. The van der Waals surface area contributed by atoms with Crippen LogP contribution < -0.4 is 9.47 Å². The van der Waals surface area contributed by atoms with E-state index in [9.17, 15) is 4.79 Å². The van der Waals surface area contributed by atoms with E-state index in [2.05, 4.69) is 23.8 Å². The molecule has 6 nitrogen and oxygen atoms in total. The van der Waals surface area contributed by atoms with Gasteiger partial charge in [0.05, 0.1) is 25.5 Å². The Labute approximate surface area is 160 Å². The Morgan fingerprint density at radius 1 is 1.15 bits per heavy atom. The molecule has 144 valence electrons. The number of nitrogens with zero attached hydrogens (tertiary/aromatic N) is 3. The van der Waals surface area contributed by atoms with Crippen molar-refractivity contribution in [2.24, 2.45) is 5.92 Å². The number of fused-ring (bicyclic) bond motifs is 1. The van der Waals surface area contributed by atoms with Crippen molar-refractivity contribution in [3.63, 3.8) is 0 Å². The van der Waals surface area contributed by atoms with E-state index in [0.717, 1.165) is 23.5 Å². The van der Waals surface area contributed by atoms with Gasteiger partial charge in [0, 0.05) is 30.3 Å². The maximum Gasteiger partial charge on any atom is 0.254 e. The molecule has 0 saturated carbocycles. The number of carbonyl (C=O) groups excluding carboxylic acids is 1. The van der Waals surface area contributed by atoms with Gasteiger partial charge in [0.15, 0.2) is 11.5 Å². The third-order valence-corrected chi connectivity index (χ3v) is 4.37. The molecule has 27 heavy (non-hydrogen) atoms. The Hall–Kier alpha value is -2.63. The number of aromatic nitrogens is 2. The quantitative estimate of drug-likeness (QED) is 0.746. The third kappa shape index (κ3) is 4.38. The fourth-order valence-electron chi connectivity index (χ4n) is 3.17. The summed E-state index contributed by atoms with van der Waals surface area (Å²) < 4.78 is 11.2. The highest BCUT2D eigenvalue weighted by atomic mass is 16.5. The summed E-state index contributed by atoms with van der Waals surface area (Å²) in [6.45, 7) is 10.2. The van der Waals surface area contributed by atoms with Crippen molar-refractivity contribution in [1.29, 1.82) is 0 Å². The predicted octanol–water partition coefficient (Wildman–Crippen LogP) is 3.63. The molecular formula is C21H27N3O3. The van der Waals surface area contributed by atoms with Crippen molar-refractivity contribution in [1.82, 2.24) is 14.9 Å². The third-order valence-electron chi connectivity index (χ3n) is 4.37. The smallest absolute Gasteiger partial charge is 0.254 e. The van der Waals surface area contributed by atoms with E-state index in [4.69, 9.17) is 9.47 Å². The van der Waals surface area contributed by atoms with Crippen LogP contribution in [0.2, 0.25) is 0 Å². The highest BCUT2D eigenvalue weighted by molar-refractivity contribution is 5.95. The topological polar surface area (TPSA) is 64.5 Å². The molecule has 0 unspecified atom stereocenters. The number of benzene rings is 1. The van der Waals surface area contributed by atoms with Crippen LogP contribution >= 0.6 is 0 Å². The lowest BCUT2D eigenvalue weighted by atomic mass is 10.1. The predicted molar refractivity (Wildman–Crippen MR) is 103 cm³/mol. The van der Waals surface area contributed by atoms with E-state index in [1.54, 1.807) is 23.1 Å². The summed E-state index contributed by atoms with van der Waals surface area (Å²) in [5, 5.41) is 0. The summed E-state index contributed by atoms with van der Waals surface area (Å²) in [4.78, 5) is 23.9. The van der Waals surface area contributed by atoms with E-state index >= 15 is 0 Å². The molecule has 0 atom stereocenters. The van der Waals surface area contributed by atoms with Gasteiger partial charge in [-0.2, -0.15) is 0 Å². The molecule has 2 aromatic rings. The molecule has 0 saturated heterocycles. The second kappa shape index (κ2) is 8.37. The first-order valence-electron chi connectivity index (χ1n) is 9.54. The normalized spacial score (nSPS) is 13.0. The van der Waals surface area contributed by atoms with Gasteiger partial charge in [0.25, 0.3) is 5.91 Å². The van der Waals surface area contributed by atoms with E-state index in [1.165, 1.54) is 0 Å². The van der Waals surface area contributed by atoms with Crippen molar-refractivity contribution < 1.29 is 14.3 Å². The molecular weight excluding hydrogens is 342 g/mol. The van der Waals surface area contributed by atoms with Crippen LogP contribution in [0.3, 0.4) is 0 Å². The molecule has 0 spiro atoms. The van der Waals surface area contributed by atoms with Gasteiger partial charge in [-0.1, -0.05) is 13.8 Å². The second-order valence-corrected chi connectivity index (χ2v) is 7.04. The Balaban J connectivity index is 1.77. The van der Waals surface area contributed by atoms with Gasteiger partial charge in [-0.3, -0.25) is 4.79 Å². The molecule has 2 heterocycles. The summed E-state index contributed by atoms with van der Waals surface area (Å²) in [6.07, 6.45) is 2.70. The molecule has 1 aliphatic heterocycles.